The molecule has 1 fully saturated rings. The highest BCUT2D eigenvalue weighted by Crippen LogP contribution is 2.37. The van der Waals surface area contributed by atoms with Crippen molar-refractivity contribution < 1.29 is 37.0 Å². The highest BCUT2D eigenvalue weighted by atomic mass is 19.4. The molecule has 2 atom stereocenters. The summed E-state index contributed by atoms with van der Waals surface area (Å²) in [7, 11) is 2.99. The van der Waals surface area contributed by atoms with E-state index in [1.165, 1.54) is 20.3 Å². The van der Waals surface area contributed by atoms with Gasteiger partial charge in [-0.1, -0.05) is 12.1 Å². The van der Waals surface area contributed by atoms with E-state index in [9.17, 15) is 22.8 Å². The van der Waals surface area contributed by atoms with Gasteiger partial charge in [0.15, 0.2) is 17.4 Å². The molecule has 12 heteroatoms. The van der Waals surface area contributed by atoms with Gasteiger partial charge in [-0.3, -0.25) is 14.9 Å². The molecular weight excluding hydrogens is 505 g/mol. The molecule has 0 spiro atoms. The number of guanidine groups is 1. The van der Waals surface area contributed by atoms with Gasteiger partial charge in [-0.2, -0.15) is 13.2 Å². The summed E-state index contributed by atoms with van der Waals surface area (Å²) >= 11 is 0. The SMILES string of the molecule is CCOC(=O)[C@H]1C(=O)NC(N2CCN(c3cccc(C(F)(F)F)c3)CC2)=N[C@@H]1c1ccc(OC)c(OC)c1. The number of nitrogens with zero attached hydrogens (tertiary/aromatic N) is 3. The minimum Gasteiger partial charge on any atom is -0.493 e. The van der Waals surface area contributed by atoms with Crippen LogP contribution in [0.15, 0.2) is 47.5 Å². The second kappa shape index (κ2) is 11.2. The Morgan fingerprint density at radius 2 is 1.71 bits per heavy atom. The number of methoxy groups -OCH3 is 2. The van der Waals surface area contributed by atoms with E-state index in [1.807, 2.05) is 9.80 Å². The van der Waals surface area contributed by atoms with Crippen LogP contribution in [0.3, 0.4) is 0 Å². The van der Waals surface area contributed by atoms with Crippen molar-refractivity contribution in [1.82, 2.24) is 10.2 Å². The molecule has 9 nitrogen and oxygen atoms in total. The summed E-state index contributed by atoms with van der Waals surface area (Å²) in [4.78, 5) is 34.3. The fraction of sp³-hybridized carbons (Fsp3) is 0.423. The molecule has 1 saturated heterocycles. The highest BCUT2D eigenvalue weighted by molar-refractivity contribution is 6.08. The largest absolute Gasteiger partial charge is 0.493 e. The summed E-state index contributed by atoms with van der Waals surface area (Å²) in [5, 5.41) is 2.72. The maximum Gasteiger partial charge on any atom is 0.416 e. The molecule has 1 amide bonds. The summed E-state index contributed by atoms with van der Waals surface area (Å²) < 4.78 is 55.3. The molecule has 4 rings (SSSR count). The molecule has 0 bridgehead atoms. The second-order valence-electron chi connectivity index (χ2n) is 8.75. The van der Waals surface area contributed by atoms with Gasteiger partial charge < -0.3 is 24.0 Å². The highest BCUT2D eigenvalue weighted by Gasteiger charge is 2.42. The first-order valence-corrected chi connectivity index (χ1v) is 12.1. The summed E-state index contributed by atoms with van der Waals surface area (Å²) in [6, 6.07) is 9.38. The second-order valence-corrected chi connectivity index (χ2v) is 8.75. The minimum atomic E-state index is -4.42. The van der Waals surface area contributed by atoms with E-state index in [2.05, 4.69) is 5.32 Å². The van der Waals surface area contributed by atoms with Crippen molar-refractivity contribution in [3.05, 3.63) is 53.6 Å². The number of esters is 1. The fourth-order valence-electron chi connectivity index (χ4n) is 4.56. The Hall–Kier alpha value is -3.96. The molecule has 2 aromatic rings. The number of carbonyl (C=O) groups is 2. The topological polar surface area (TPSA) is 92.7 Å². The zero-order valence-corrected chi connectivity index (χ0v) is 21.2. The number of piperazine rings is 1. The van der Waals surface area contributed by atoms with Gasteiger partial charge in [-0.15, -0.1) is 0 Å². The first kappa shape index (κ1) is 27.1. The van der Waals surface area contributed by atoms with Gasteiger partial charge in [-0.25, -0.2) is 4.99 Å². The molecule has 0 saturated carbocycles. The molecule has 204 valence electrons. The van der Waals surface area contributed by atoms with Crippen LogP contribution in [-0.4, -0.2) is 69.7 Å². The van der Waals surface area contributed by atoms with Crippen molar-refractivity contribution >= 4 is 23.5 Å². The number of ether oxygens (including phenoxy) is 3. The third-order valence-electron chi connectivity index (χ3n) is 6.50. The van der Waals surface area contributed by atoms with E-state index in [0.717, 1.165) is 12.1 Å². The molecule has 2 heterocycles. The average molecular weight is 535 g/mol. The van der Waals surface area contributed by atoms with Crippen LogP contribution in [0.1, 0.15) is 24.1 Å². The number of halogens is 3. The van der Waals surface area contributed by atoms with Crippen molar-refractivity contribution in [3.63, 3.8) is 0 Å². The van der Waals surface area contributed by atoms with Gasteiger partial charge in [0.05, 0.1) is 26.4 Å². The fourth-order valence-corrected chi connectivity index (χ4v) is 4.56. The monoisotopic (exact) mass is 534 g/mol. The molecule has 0 radical (unpaired) electrons. The number of alkyl halides is 3. The van der Waals surface area contributed by atoms with Crippen LogP contribution in [0.5, 0.6) is 11.5 Å². The Morgan fingerprint density at radius 1 is 1.03 bits per heavy atom. The van der Waals surface area contributed by atoms with Gasteiger partial charge in [-0.05, 0) is 42.8 Å². The Balaban J connectivity index is 1.58. The van der Waals surface area contributed by atoms with Crippen molar-refractivity contribution in [2.45, 2.75) is 19.1 Å². The Morgan fingerprint density at radius 3 is 2.34 bits per heavy atom. The molecule has 2 aliphatic heterocycles. The molecule has 0 aliphatic carbocycles. The number of hydrogen-bond donors (Lipinski definition) is 1. The van der Waals surface area contributed by atoms with Gasteiger partial charge in [0, 0.05) is 31.9 Å². The molecule has 0 unspecified atom stereocenters. The van der Waals surface area contributed by atoms with Crippen LogP contribution in [0.25, 0.3) is 0 Å². The third-order valence-corrected chi connectivity index (χ3v) is 6.50. The lowest BCUT2D eigenvalue weighted by atomic mass is 9.91. The molecule has 0 aromatic heterocycles. The number of nitrogens with one attached hydrogen (secondary N) is 1. The summed E-state index contributed by atoms with van der Waals surface area (Å²) in [6.45, 7) is 3.39. The van der Waals surface area contributed by atoms with Crippen LogP contribution in [0.2, 0.25) is 0 Å². The van der Waals surface area contributed by atoms with E-state index >= 15 is 0 Å². The number of carbonyl (C=O) groups excluding carboxylic acids is 2. The van der Waals surface area contributed by atoms with E-state index in [4.69, 9.17) is 19.2 Å². The van der Waals surface area contributed by atoms with E-state index in [-0.39, 0.29) is 6.61 Å². The van der Waals surface area contributed by atoms with Gasteiger partial charge >= 0.3 is 12.1 Å². The Labute approximate surface area is 218 Å². The van der Waals surface area contributed by atoms with Gasteiger partial charge in [0.1, 0.15) is 6.04 Å². The van der Waals surface area contributed by atoms with Crippen molar-refractivity contribution in [2.75, 3.05) is 51.9 Å². The first-order valence-electron chi connectivity index (χ1n) is 12.1. The summed E-state index contributed by atoms with van der Waals surface area (Å²) in [5.74, 6) is -1.25. The van der Waals surface area contributed by atoms with E-state index in [1.54, 1.807) is 31.2 Å². The number of rotatable bonds is 6. The lowest BCUT2D eigenvalue weighted by Crippen LogP contribution is -2.57. The van der Waals surface area contributed by atoms with Crippen LogP contribution in [0, 0.1) is 5.92 Å². The number of hydrogen-bond acceptors (Lipinski definition) is 8. The van der Waals surface area contributed by atoms with Crippen molar-refractivity contribution in [1.29, 1.82) is 0 Å². The molecule has 2 aliphatic rings. The van der Waals surface area contributed by atoms with Crippen LogP contribution < -0.4 is 19.7 Å². The maximum absolute atomic E-state index is 13.1. The number of benzene rings is 2. The number of aliphatic imine (C=N–C) groups is 1. The third kappa shape index (κ3) is 5.63. The predicted molar refractivity (Wildman–Crippen MR) is 133 cm³/mol. The molecule has 1 N–H and O–H groups in total. The van der Waals surface area contributed by atoms with Crippen molar-refractivity contribution in [2.24, 2.45) is 10.9 Å². The smallest absolute Gasteiger partial charge is 0.416 e. The predicted octanol–water partition coefficient (Wildman–Crippen LogP) is 3.25. The maximum atomic E-state index is 13.1. The van der Waals surface area contributed by atoms with Crippen LogP contribution in [0.4, 0.5) is 18.9 Å². The zero-order chi connectivity index (χ0) is 27.4. The molecular formula is C26H29F3N4O5. The van der Waals surface area contributed by atoms with Crippen LogP contribution in [-0.2, 0) is 20.5 Å². The van der Waals surface area contributed by atoms with E-state index in [0.29, 0.717) is 54.9 Å². The van der Waals surface area contributed by atoms with Crippen molar-refractivity contribution in [3.8, 4) is 11.5 Å². The zero-order valence-electron chi connectivity index (χ0n) is 21.2. The summed E-state index contributed by atoms with van der Waals surface area (Å²) in [5.41, 5.74) is 0.333. The normalized spacial score (nSPS) is 19.9. The number of anilines is 1. The Bertz CT molecular complexity index is 1210. The quantitative estimate of drug-likeness (QED) is 0.449. The van der Waals surface area contributed by atoms with Gasteiger partial charge in [0.2, 0.25) is 11.9 Å². The first-order chi connectivity index (χ1) is 18.2. The average Bonchev–Trinajstić information content (AvgIpc) is 2.92. The molecule has 38 heavy (non-hydrogen) atoms. The number of amides is 1. The minimum absolute atomic E-state index is 0.106. The lowest BCUT2D eigenvalue weighted by molar-refractivity contribution is -0.153. The van der Waals surface area contributed by atoms with Crippen LogP contribution >= 0.6 is 0 Å². The summed E-state index contributed by atoms with van der Waals surface area (Å²) in [6.07, 6.45) is -4.42. The van der Waals surface area contributed by atoms with E-state index < -0.39 is 35.6 Å². The Kier molecular flexibility index (Phi) is 7.98. The lowest BCUT2D eigenvalue weighted by Gasteiger charge is -2.39. The van der Waals surface area contributed by atoms with Gasteiger partial charge in [0.25, 0.3) is 0 Å². The standard InChI is InChI=1S/C26H29F3N4O5/c1-4-38-24(35)21-22(16-8-9-19(36-2)20(14-16)37-3)30-25(31-23(21)34)33-12-10-32(11-13-33)18-7-5-6-17(15-18)26(27,28)29/h5-9,14-15,21-22H,4,10-13H2,1-3H3,(H,30,31,34)/t21-,22-/m1/s1. The molecule has 2 aromatic carbocycles.